The smallest absolute Gasteiger partial charge is 0.317 e. The summed E-state index contributed by atoms with van der Waals surface area (Å²) < 4.78 is 13.0. The third-order valence-electron chi connectivity index (χ3n) is 4.70. The minimum atomic E-state index is -0.284. The second-order valence-electron chi connectivity index (χ2n) is 6.89. The molecule has 0 saturated heterocycles. The third kappa shape index (κ3) is 5.19. The fraction of sp³-hybridized carbons (Fsp3) is 0.273. The van der Waals surface area contributed by atoms with Gasteiger partial charge in [0.25, 0.3) is 0 Å². The van der Waals surface area contributed by atoms with Crippen molar-refractivity contribution in [3.63, 3.8) is 0 Å². The van der Waals surface area contributed by atoms with Gasteiger partial charge in [-0.25, -0.2) is 9.18 Å². The zero-order valence-corrected chi connectivity index (χ0v) is 16.2. The Hall–Kier alpha value is -3.15. The molecule has 3 aromatic rings. The number of carbonyl (C=O) groups is 1. The van der Waals surface area contributed by atoms with Gasteiger partial charge in [0, 0.05) is 24.8 Å². The molecular weight excluding hydrogens is 355 g/mol. The number of hydrogen-bond donors (Lipinski definition) is 2. The Morgan fingerprint density at radius 3 is 2.61 bits per heavy atom. The van der Waals surface area contributed by atoms with Crippen LogP contribution in [0.5, 0.6) is 0 Å². The molecule has 1 aromatic heterocycles. The minimum Gasteiger partial charge on any atom is -0.331 e. The second kappa shape index (κ2) is 9.17. The molecule has 0 aliphatic heterocycles. The topological polar surface area (TPSA) is 61.0 Å². The van der Waals surface area contributed by atoms with Crippen LogP contribution in [0.1, 0.15) is 30.6 Å². The SMILES string of the molecule is C[C@@H](NC(=O)N(C)CCCc1cc(-c2ccccc2)n[nH]1)c1ccc(F)cc1. The molecule has 0 saturated carbocycles. The van der Waals surface area contributed by atoms with Crippen LogP contribution in [0.15, 0.2) is 60.7 Å². The molecule has 0 aliphatic rings. The summed E-state index contributed by atoms with van der Waals surface area (Å²) in [6.07, 6.45) is 1.64. The first-order chi connectivity index (χ1) is 13.5. The van der Waals surface area contributed by atoms with Crippen molar-refractivity contribution < 1.29 is 9.18 Å². The number of halogens is 1. The maximum absolute atomic E-state index is 13.0. The van der Waals surface area contributed by atoms with E-state index in [2.05, 4.69) is 15.5 Å². The predicted molar refractivity (Wildman–Crippen MR) is 108 cm³/mol. The fourth-order valence-corrected chi connectivity index (χ4v) is 2.98. The summed E-state index contributed by atoms with van der Waals surface area (Å²) in [6, 6.07) is 17.9. The van der Waals surface area contributed by atoms with Gasteiger partial charge in [0.15, 0.2) is 0 Å². The number of H-pyrrole nitrogens is 1. The highest BCUT2D eigenvalue weighted by atomic mass is 19.1. The second-order valence-corrected chi connectivity index (χ2v) is 6.89. The van der Waals surface area contributed by atoms with Gasteiger partial charge in [0.1, 0.15) is 5.82 Å². The summed E-state index contributed by atoms with van der Waals surface area (Å²) in [6.45, 7) is 2.51. The van der Waals surface area contributed by atoms with E-state index in [1.165, 1.54) is 12.1 Å². The highest BCUT2D eigenvalue weighted by Gasteiger charge is 2.13. The number of hydrogen-bond acceptors (Lipinski definition) is 2. The number of aryl methyl sites for hydroxylation is 1. The molecule has 5 nitrogen and oxygen atoms in total. The predicted octanol–water partition coefficient (Wildman–Crippen LogP) is 4.55. The number of nitrogens with one attached hydrogen (secondary N) is 2. The van der Waals surface area contributed by atoms with Crippen LogP contribution in [0.3, 0.4) is 0 Å². The lowest BCUT2D eigenvalue weighted by molar-refractivity contribution is 0.205. The van der Waals surface area contributed by atoms with Crippen LogP contribution in [-0.4, -0.2) is 34.7 Å². The van der Waals surface area contributed by atoms with Crippen LogP contribution in [0, 0.1) is 5.82 Å². The van der Waals surface area contributed by atoms with E-state index in [4.69, 9.17) is 0 Å². The number of aromatic amines is 1. The Labute approximate surface area is 164 Å². The van der Waals surface area contributed by atoms with E-state index in [9.17, 15) is 9.18 Å². The quantitative estimate of drug-likeness (QED) is 0.632. The molecule has 6 heteroatoms. The van der Waals surface area contributed by atoms with Gasteiger partial charge in [-0.2, -0.15) is 5.10 Å². The molecule has 2 N–H and O–H groups in total. The lowest BCUT2D eigenvalue weighted by atomic mass is 10.1. The van der Waals surface area contributed by atoms with Gasteiger partial charge >= 0.3 is 6.03 Å². The monoisotopic (exact) mass is 380 g/mol. The van der Waals surface area contributed by atoms with Crippen LogP contribution in [0.25, 0.3) is 11.3 Å². The molecule has 0 aliphatic carbocycles. The average Bonchev–Trinajstić information content (AvgIpc) is 3.18. The fourth-order valence-electron chi connectivity index (χ4n) is 2.98. The average molecular weight is 380 g/mol. The first-order valence-corrected chi connectivity index (χ1v) is 9.40. The molecule has 1 atom stereocenters. The normalized spacial score (nSPS) is 11.8. The standard InChI is InChI=1S/C22H25FN4O/c1-16(17-10-12-19(23)13-11-17)24-22(28)27(2)14-6-9-20-15-21(26-25-20)18-7-4-3-5-8-18/h3-5,7-8,10-13,15-16H,6,9,14H2,1-2H3,(H,24,28)(H,25,26)/t16-/m1/s1. The number of urea groups is 1. The molecular formula is C22H25FN4O. The molecule has 0 unspecified atom stereocenters. The van der Waals surface area contributed by atoms with Crippen molar-refractivity contribution in [2.24, 2.45) is 0 Å². The van der Waals surface area contributed by atoms with E-state index in [-0.39, 0.29) is 17.9 Å². The van der Waals surface area contributed by atoms with E-state index in [0.717, 1.165) is 35.4 Å². The van der Waals surface area contributed by atoms with Crippen molar-refractivity contribution in [3.8, 4) is 11.3 Å². The maximum Gasteiger partial charge on any atom is 0.317 e. The molecule has 28 heavy (non-hydrogen) atoms. The van der Waals surface area contributed by atoms with Gasteiger partial charge in [-0.15, -0.1) is 0 Å². The summed E-state index contributed by atoms with van der Waals surface area (Å²) in [5.74, 6) is -0.284. The molecule has 1 heterocycles. The van der Waals surface area contributed by atoms with Crippen LogP contribution >= 0.6 is 0 Å². The third-order valence-corrected chi connectivity index (χ3v) is 4.70. The lowest BCUT2D eigenvalue weighted by Crippen LogP contribution is -2.39. The first-order valence-electron chi connectivity index (χ1n) is 9.40. The number of carbonyl (C=O) groups excluding carboxylic acids is 1. The minimum absolute atomic E-state index is 0.147. The first kappa shape index (κ1) is 19.6. The van der Waals surface area contributed by atoms with Crippen LogP contribution < -0.4 is 5.32 Å². The largest absolute Gasteiger partial charge is 0.331 e. The van der Waals surface area contributed by atoms with E-state index in [1.54, 1.807) is 24.1 Å². The number of rotatable bonds is 7. The lowest BCUT2D eigenvalue weighted by Gasteiger charge is -2.21. The Kier molecular flexibility index (Phi) is 6.42. The molecule has 0 radical (unpaired) electrons. The van der Waals surface area contributed by atoms with Crippen molar-refractivity contribution in [2.45, 2.75) is 25.8 Å². The summed E-state index contributed by atoms with van der Waals surface area (Å²) in [4.78, 5) is 14.0. The Morgan fingerprint density at radius 1 is 1.18 bits per heavy atom. The van der Waals surface area contributed by atoms with Gasteiger partial charge in [-0.3, -0.25) is 5.10 Å². The van der Waals surface area contributed by atoms with Crippen molar-refractivity contribution in [3.05, 3.63) is 77.7 Å². The Balaban J connectivity index is 1.45. The molecule has 2 amide bonds. The molecule has 146 valence electrons. The van der Waals surface area contributed by atoms with E-state index < -0.39 is 0 Å². The van der Waals surface area contributed by atoms with Crippen molar-refractivity contribution in [1.29, 1.82) is 0 Å². The zero-order valence-electron chi connectivity index (χ0n) is 16.2. The van der Waals surface area contributed by atoms with Gasteiger partial charge < -0.3 is 10.2 Å². The van der Waals surface area contributed by atoms with Crippen LogP contribution in [-0.2, 0) is 6.42 Å². The molecule has 0 bridgehead atoms. The Bertz CT molecular complexity index is 892. The summed E-state index contributed by atoms with van der Waals surface area (Å²) in [5.41, 5.74) is 3.92. The highest BCUT2D eigenvalue weighted by molar-refractivity contribution is 5.74. The molecule has 0 fully saturated rings. The number of benzene rings is 2. The van der Waals surface area contributed by atoms with Crippen molar-refractivity contribution in [2.75, 3.05) is 13.6 Å². The van der Waals surface area contributed by atoms with Crippen molar-refractivity contribution >= 4 is 6.03 Å². The summed E-state index contributed by atoms with van der Waals surface area (Å²) >= 11 is 0. The molecule has 2 aromatic carbocycles. The van der Waals surface area contributed by atoms with Gasteiger partial charge in [-0.05, 0) is 43.5 Å². The van der Waals surface area contributed by atoms with Crippen LogP contribution in [0.4, 0.5) is 9.18 Å². The summed E-state index contributed by atoms with van der Waals surface area (Å²) in [5, 5.41) is 10.4. The van der Waals surface area contributed by atoms with E-state index >= 15 is 0 Å². The molecule has 0 spiro atoms. The van der Waals surface area contributed by atoms with Gasteiger partial charge in [-0.1, -0.05) is 42.5 Å². The highest BCUT2D eigenvalue weighted by Crippen LogP contribution is 2.17. The van der Waals surface area contributed by atoms with Crippen LogP contribution in [0.2, 0.25) is 0 Å². The number of amides is 2. The van der Waals surface area contributed by atoms with E-state index in [0.29, 0.717) is 6.54 Å². The van der Waals surface area contributed by atoms with Crippen molar-refractivity contribution in [1.82, 2.24) is 20.4 Å². The number of nitrogens with zero attached hydrogens (tertiary/aromatic N) is 2. The molecule has 3 rings (SSSR count). The van der Waals surface area contributed by atoms with E-state index in [1.807, 2.05) is 43.3 Å². The van der Waals surface area contributed by atoms with Gasteiger partial charge in [0.05, 0.1) is 11.7 Å². The summed E-state index contributed by atoms with van der Waals surface area (Å²) in [7, 11) is 1.77. The maximum atomic E-state index is 13.0. The Morgan fingerprint density at radius 2 is 1.89 bits per heavy atom. The van der Waals surface area contributed by atoms with Gasteiger partial charge in [0.2, 0.25) is 0 Å². The number of aromatic nitrogens is 2. The zero-order chi connectivity index (χ0) is 19.9.